The van der Waals surface area contributed by atoms with Gasteiger partial charge in [0.1, 0.15) is 11.6 Å². The molecule has 0 spiro atoms. The summed E-state index contributed by atoms with van der Waals surface area (Å²) in [4.78, 5) is 22.3. The Morgan fingerprint density at radius 1 is 1.19 bits per heavy atom. The van der Waals surface area contributed by atoms with Crippen molar-refractivity contribution in [3.8, 4) is 5.75 Å². The van der Waals surface area contributed by atoms with E-state index in [0.29, 0.717) is 6.04 Å². The maximum Gasteiger partial charge on any atom is 0.328 e. The lowest BCUT2D eigenvalue weighted by atomic mass is 10.0. The molecule has 1 aromatic carbocycles. The number of carbonyl (C=O) groups is 1. The van der Waals surface area contributed by atoms with Gasteiger partial charge in [-0.05, 0) is 62.1 Å². The number of likely N-dealkylation sites (tertiary alicyclic amines) is 1. The number of ether oxygens (including phenoxy) is 1. The monoisotopic (exact) mass is 420 g/mol. The van der Waals surface area contributed by atoms with Gasteiger partial charge in [0.25, 0.3) is 0 Å². The smallest absolute Gasteiger partial charge is 0.328 e. The van der Waals surface area contributed by atoms with Crippen LogP contribution in [-0.2, 0) is 6.42 Å². The molecular weight excluding hydrogens is 388 g/mol. The molecular formula is C25H32N4O2. The Morgan fingerprint density at radius 2 is 2.00 bits per heavy atom. The molecule has 164 valence electrons. The predicted molar refractivity (Wildman–Crippen MR) is 125 cm³/mol. The molecule has 0 saturated carbocycles. The number of benzene rings is 1. The first-order chi connectivity index (χ1) is 15.2. The third-order valence-electron chi connectivity index (χ3n) is 6.28. The van der Waals surface area contributed by atoms with Crippen LogP contribution in [0.5, 0.6) is 5.75 Å². The Labute approximate surface area is 184 Å². The van der Waals surface area contributed by atoms with E-state index in [9.17, 15) is 4.79 Å². The van der Waals surface area contributed by atoms with Crippen molar-refractivity contribution in [2.45, 2.75) is 45.6 Å². The largest absolute Gasteiger partial charge is 0.497 e. The third-order valence-corrected chi connectivity index (χ3v) is 6.28. The Hall–Kier alpha value is -3.02. The fourth-order valence-electron chi connectivity index (χ4n) is 4.67. The molecule has 4 rings (SSSR count). The molecule has 0 N–H and O–H groups in total. The second-order valence-corrected chi connectivity index (χ2v) is 8.13. The topological polar surface area (TPSA) is 50.6 Å². The van der Waals surface area contributed by atoms with E-state index in [1.807, 2.05) is 47.6 Å². The summed E-state index contributed by atoms with van der Waals surface area (Å²) in [7, 11) is 1.66. The minimum absolute atomic E-state index is 0.0474. The van der Waals surface area contributed by atoms with Crippen LogP contribution >= 0.6 is 0 Å². The fourth-order valence-corrected chi connectivity index (χ4v) is 4.67. The lowest BCUT2D eigenvalue weighted by Gasteiger charge is -2.39. The molecule has 3 heterocycles. The van der Waals surface area contributed by atoms with Gasteiger partial charge in [0, 0.05) is 43.5 Å². The van der Waals surface area contributed by atoms with Crippen molar-refractivity contribution in [1.29, 1.82) is 0 Å². The summed E-state index contributed by atoms with van der Waals surface area (Å²) >= 11 is 0. The zero-order valence-corrected chi connectivity index (χ0v) is 18.8. The van der Waals surface area contributed by atoms with Crippen molar-refractivity contribution in [2.75, 3.05) is 31.6 Å². The van der Waals surface area contributed by atoms with Crippen LogP contribution in [-0.4, -0.2) is 53.3 Å². The number of amides is 1. The van der Waals surface area contributed by atoms with Crippen LogP contribution in [0.3, 0.4) is 0 Å². The molecule has 1 aliphatic heterocycles. The average molecular weight is 421 g/mol. The molecule has 1 aliphatic rings. The molecule has 0 unspecified atom stereocenters. The number of nitrogens with zero attached hydrogens (tertiary/aromatic N) is 4. The second kappa shape index (κ2) is 9.41. The molecule has 2 aromatic heterocycles. The van der Waals surface area contributed by atoms with Gasteiger partial charge in [0.15, 0.2) is 0 Å². The van der Waals surface area contributed by atoms with Gasteiger partial charge in [-0.3, -0.25) is 4.57 Å². The number of anilines is 1. The van der Waals surface area contributed by atoms with Crippen molar-refractivity contribution >= 4 is 22.8 Å². The van der Waals surface area contributed by atoms with E-state index in [4.69, 9.17) is 9.72 Å². The van der Waals surface area contributed by atoms with Gasteiger partial charge < -0.3 is 14.5 Å². The van der Waals surface area contributed by atoms with Gasteiger partial charge >= 0.3 is 6.03 Å². The first kappa shape index (κ1) is 21.2. The number of aryl methyl sites for hydroxylation is 1. The Kier molecular flexibility index (Phi) is 6.44. The summed E-state index contributed by atoms with van der Waals surface area (Å²) in [6.07, 6.45) is 7.82. The van der Waals surface area contributed by atoms with Crippen LogP contribution in [0.15, 0.2) is 48.8 Å². The van der Waals surface area contributed by atoms with E-state index < -0.39 is 0 Å². The number of rotatable bonds is 6. The molecule has 3 aromatic rings. The first-order valence-electron chi connectivity index (χ1n) is 11.3. The van der Waals surface area contributed by atoms with E-state index in [1.165, 1.54) is 5.56 Å². The van der Waals surface area contributed by atoms with Gasteiger partial charge in [-0.25, -0.2) is 9.78 Å². The van der Waals surface area contributed by atoms with Gasteiger partial charge in [0.05, 0.1) is 12.6 Å². The quantitative estimate of drug-likeness (QED) is 0.566. The van der Waals surface area contributed by atoms with E-state index in [1.54, 1.807) is 11.7 Å². The number of methoxy groups -OCH3 is 1. The molecule has 1 fully saturated rings. The number of fused-ring (bicyclic) bond motifs is 1. The zero-order valence-electron chi connectivity index (χ0n) is 18.8. The molecule has 31 heavy (non-hydrogen) atoms. The minimum Gasteiger partial charge on any atom is -0.497 e. The molecule has 0 aliphatic carbocycles. The average Bonchev–Trinajstić information content (AvgIpc) is 3.24. The molecule has 1 saturated heterocycles. The summed E-state index contributed by atoms with van der Waals surface area (Å²) in [5.74, 6) is 1.91. The Balaban J connectivity index is 1.46. The van der Waals surface area contributed by atoms with Crippen molar-refractivity contribution in [1.82, 2.24) is 14.5 Å². The van der Waals surface area contributed by atoms with Crippen LogP contribution in [0, 0.1) is 0 Å². The number of hydrogen-bond donors (Lipinski definition) is 0. The number of aromatic nitrogens is 2. The molecule has 6 heteroatoms. The van der Waals surface area contributed by atoms with Crippen molar-refractivity contribution in [3.63, 3.8) is 0 Å². The highest BCUT2D eigenvalue weighted by Crippen LogP contribution is 2.27. The van der Waals surface area contributed by atoms with Crippen molar-refractivity contribution in [2.24, 2.45) is 0 Å². The number of hydrogen-bond acceptors (Lipinski definition) is 4. The number of piperidine rings is 1. The van der Waals surface area contributed by atoms with Gasteiger partial charge in [-0.2, -0.15) is 0 Å². The maximum absolute atomic E-state index is 13.2. The highest BCUT2D eigenvalue weighted by atomic mass is 16.5. The molecule has 0 radical (unpaired) electrons. The lowest BCUT2D eigenvalue weighted by molar-refractivity contribution is 0.183. The highest BCUT2D eigenvalue weighted by molar-refractivity contribution is 5.92. The number of carbonyl (C=O) groups excluding carboxylic acids is 1. The third kappa shape index (κ3) is 4.24. The predicted octanol–water partition coefficient (Wildman–Crippen LogP) is 4.96. The summed E-state index contributed by atoms with van der Waals surface area (Å²) in [5, 5.41) is 1.01. The summed E-state index contributed by atoms with van der Waals surface area (Å²) in [6, 6.07) is 12.5. The normalized spacial score (nSPS) is 14.7. The van der Waals surface area contributed by atoms with E-state index in [0.717, 1.165) is 67.8 Å². The summed E-state index contributed by atoms with van der Waals surface area (Å²) < 4.78 is 7.05. The standard InChI is InChI=1S/C25H32N4O2/c1-4-7-19-8-6-14-26-24(19)28(5-2)21-12-15-27(16-13-21)25(30)29-17-11-20-18-22(31-3)9-10-23(20)29/h6,8-11,14,17-18,21H,4-5,7,12-13,15-16H2,1-3H3. The number of pyridine rings is 1. The van der Waals surface area contributed by atoms with Gasteiger partial charge in [0.2, 0.25) is 0 Å². The highest BCUT2D eigenvalue weighted by Gasteiger charge is 2.28. The first-order valence-corrected chi connectivity index (χ1v) is 11.3. The SMILES string of the molecule is CCCc1cccnc1N(CC)C1CCN(C(=O)n2ccc3cc(OC)ccc32)CC1. The molecule has 0 atom stereocenters. The Bertz CT molecular complexity index is 1040. The van der Waals surface area contributed by atoms with E-state index in [2.05, 4.69) is 24.8 Å². The van der Waals surface area contributed by atoms with Crippen LogP contribution < -0.4 is 9.64 Å². The van der Waals surface area contributed by atoms with E-state index in [-0.39, 0.29) is 6.03 Å². The van der Waals surface area contributed by atoms with Gasteiger partial charge in [-0.15, -0.1) is 0 Å². The van der Waals surface area contributed by atoms with Crippen molar-refractivity contribution < 1.29 is 9.53 Å². The molecule has 6 nitrogen and oxygen atoms in total. The Morgan fingerprint density at radius 3 is 2.71 bits per heavy atom. The lowest BCUT2D eigenvalue weighted by Crippen LogP contribution is -2.48. The zero-order chi connectivity index (χ0) is 21.8. The van der Waals surface area contributed by atoms with E-state index >= 15 is 0 Å². The van der Waals surface area contributed by atoms with Gasteiger partial charge in [-0.1, -0.05) is 19.4 Å². The van der Waals surface area contributed by atoms with Crippen LogP contribution in [0.4, 0.5) is 10.6 Å². The molecule has 0 bridgehead atoms. The van der Waals surface area contributed by atoms with Crippen LogP contribution in [0.2, 0.25) is 0 Å². The summed E-state index contributed by atoms with van der Waals surface area (Å²) in [6.45, 7) is 6.84. The molecule has 1 amide bonds. The second-order valence-electron chi connectivity index (χ2n) is 8.13. The fraction of sp³-hybridized carbons (Fsp3) is 0.440. The minimum atomic E-state index is 0.0474. The van der Waals surface area contributed by atoms with Crippen LogP contribution in [0.1, 0.15) is 38.7 Å². The summed E-state index contributed by atoms with van der Waals surface area (Å²) in [5.41, 5.74) is 2.24. The van der Waals surface area contributed by atoms with Crippen molar-refractivity contribution in [3.05, 3.63) is 54.4 Å². The van der Waals surface area contributed by atoms with Crippen LogP contribution in [0.25, 0.3) is 10.9 Å². The maximum atomic E-state index is 13.2.